The molecule has 2 N–H and O–H groups in total. The number of carboxylic acids is 1. The summed E-state index contributed by atoms with van der Waals surface area (Å²) >= 11 is 1.54. The molecular formula is C20H21NO4S. The number of ether oxygens (including phenoxy) is 1. The third-order valence-electron chi connectivity index (χ3n) is 4.54. The molecule has 0 saturated heterocycles. The van der Waals surface area contributed by atoms with Crippen LogP contribution in [0.3, 0.4) is 0 Å². The van der Waals surface area contributed by atoms with E-state index in [1.165, 1.54) is 11.8 Å². The summed E-state index contributed by atoms with van der Waals surface area (Å²) in [5.74, 6) is -0.434. The molecule has 0 heterocycles. The normalized spacial score (nSPS) is 13.6. The van der Waals surface area contributed by atoms with Gasteiger partial charge in [0.1, 0.15) is 12.6 Å². The number of fused-ring (bicyclic) bond motifs is 3. The van der Waals surface area contributed by atoms with E-state index in [-0.39, 0.29) is 12.5 Å². The highest BCUT2D eigenvalue weighted by Gasteiger charge is 2.29. The number of rotatable bonds is 7. The van der Waals surface area contributed by atoms with E-state index in [1.54, 1.807) is 0 Å². The van der Waals surface area contributed by atoms with Gasteiger partial charge in [-0.25, -0.2) is 9.59 Å². The van der Waals surface area contributed by atoms with E-state index < -0.39 is 18.1 Å². The van der Waals surface area contributed by atoms with E-state index in [2.05, 4.69) is 17.4 Å². The standard InChI is InChI=1S/C20H21NO4S/c1-26-11-10-18(19(22)23)21-20(24)25-12-17-15-8-4-2-6-13(15)14-7-3-5-9-16(14)17/h2-9,17-18H,10-12H2,1H3,(H,21,24)(H,22,23)/t18-/m0/s1/i26+2. The Morgan fingerprint density at radius 1 is 1.12 bits per heavy atom. The van der Waals surface area contributed by atoms with Crippen molar-refractivity contribution in [2.45, 2.75) is 18.4 Å². The van der Waals surface area contributed by atoms with Gasteiger partial charge in [-0.2, -0.15) is 11.8 Å². The zero-order chi connectivity index (χ0) is 18.5. The average Bonchev–Trinajstić information content (AvgIpc) is 2.97. The number of amides is 1. The fourth-order valence-electron chi connectivity index (χ4n) is 3.28. The summed E-state index contributed by atoms with van der Waals surface area (Å²) in [6, 6.07) is 15.2. The van der Waals surface area contributed by atoms with Crippen LogP contribution in [0, 0.1) is 0 Å². The number of aliphatic carboxylic acids is 1. The van der Waals surface area contributed by atoms with Crippen LogP contribution >= 0.6 is 11.8 Å². The SMILES string of the molecule is C[34S]CC[C@H](NC(=O)OCC1c2ccccc2-c2ccccc21)C(=O)O. The average molecular weight is 373 g/mol. The molecule has 6 heteroatoms. The van der Waals surface area contributed by atoms with Crippen molar-refractivity contribution >= 4 is 23.8 Å². The first-order valence-electron chi connectivity index (χ1n) is 8.45. The molecular weight excluding hydrogens is 352 g/mol. The Hall–Kier alpha value is -2.47. The third-order valence-corrected chi connectivity index (χ3v) is 5.19. The van der Waals surface area contributed by atoms with Gasteiger partial charge >= 0.3 is 12.1 Å². The number of alkyl carbamates (subject to hydrolysis) is 1. The van der Waals surface area contributed by atoms with Crippen LogP contribution in [0.4, 0.5) is 4.79 Å². The molecule has 1 aliphatic rings. The maximum Gasteiger partial charge on any atom is 0.407 e. The minimum Gasteiger partial charge on any atom is -0.480 e. The van der Waals surface area contributed by atoms with Gasteiger partial charge in [0.05, 0.1) is 0 Å². The number of carbonyl (C=O) groups is 2. The molecule has 0 radical (unpaired) electrons. The second kappa shape index (κ2) is 8.27. The molecule has 0 aliphatic heterocycles. The minimum atomic E-state index is -1.05. The lowest BCUT2D eigenvalue weighted by Crippen LogP contribution is -2.41. The molecule has 0 fully saturated rings. The second-order valence-electron chi connectivity index (χ2n) is 6.14. The predicted molar refractivity (Wildman–Crippen MR) is 103 cm³/mol. The zero-order valence-electron chi connectivity index (χ0n) is 14.5. The quantitative estimate of drug-likeness (QED) is 0.724. The monoisotopic (exact) mass is 373 g/mol. The molecule has 0 bridgehead atoms. The topological polar surface area (TPSA) is 75.6 Å². The van der Waals surface area contributed by atoms with Crippen molar-refractivity contribution in [1.29, 1.82) is 0 Å². The number of hydrogen-bond acceptors (Lipinski definition) is 4. The predicted octanol–water partition coefficient (Wildman–Crippen LogP) is 3.73. The van der Waals surface area contributed by atoms with Crippen molar-refractivity contribution in [3.05, 3.63) is 59.7 Å². The van der Waals surface area contributed by atoms with E-state index in [0.717, 1.165) is 22.3 Å². The summed E-state index contributed by atoms with van der Waals surface area (Å²) < 4.78 is 5.38. The molecule has 0 unspecified atom stereocenters. The highest BCUT2D eigenvalue weighted by Crippen LogP contribution is 2.44. The molecule has 1 amide bonds. The lowest BCUT2D eigenvalue weighted by Gasteiger charge is -2.17. The van der Waals surface area contributed by atoms with Gasteiger partial charge in [0, 0.05) is 5.92 Å². The molecule has 5 nitrogen and oxygen atoms in total. The van der Waals surface area contributed by atoms with Crippen LogP contribution in [0.1, 0.15) is 23.5 Å². The summed E-state index contributed by atoms with van der Waals surface area (Å²) in [5, 5.41) is 11.7. The first-order valence-corrected chi connectivity index (χ1v) is 9.84. The molecule has 136 valence electrons. The Morgan fingerprint density at radius 2 is 1.69 bits per heavy atom. The summed E-state index contributed by atoms with van der Waals surface area (Å²) in [5.41, 5.74) is 4.55. The molecule has 1 aliphatic carbocycles. The highest BCUT2D eigenvalue weighted by atomic mass is 34.1. The van der Waals surface area contributed by atoms with Crippen molar-refractivity contribution < 1.29 is 19.4 Å². The maximum atomic E-state index is 12.1. The van der Waals surface area contributed by atoms with Gasteiger partial charge in [-0.1, -0.05) is 48.5 Å². The van der Waals surface area contributed by atoms with E-state index in [9.17, 15) is 14.7 Å². The van der Waals surface area contributed by atoms with Gasteiger partial charge in [0.2, 0.25) is 0 Å². The third kappa shape index (κ3) is 3.85. The van der Waals surface area contributed by atoms with Crippen molar-refractivity contribution in [3.8, 4) is 11.1 Å². The Bertz CT molecular complexity index is 762. The van der Waals surface area contributed by atoms with Gasteiger partial charge in [-0.15, -0.1) is 0 Å². The fourth-order valence-corrected chi connectivity index (χ4v) is 3.75. The molecule has 0 aromatic heterocycles. The number of thioether (sulfide) groups is 1. The van der Waals surface area contributed by atoms with Gasteiger partial charge in [-0.3, -0.25) is 0 Å². The zero-order valence-corrected chi connectivity index (χ0v) is 15.3. The van der Waals surface area contributed by atoms with Crippen molar-refractivity contribution in [2.24, 2.45) is 0 Å². The van der Waals surface area contributed by atoms with Gasteiger partial charge in [0.25, 0.3) is 0 Å². The lowest BCUT2D eigenvalue weighted by atomic mass is 9.98. The second-order valence-corrected chi connectivity index (χ2v) is 7.13. The molecule has 0 saturated carbocycles. The highest BCUT2D eigenvalue weighted by molar-refractivity contribution is 7.98. The van der Waals surface area contributed by atoms with Crippen LogP contribution in [0.2, 0.25) is 0 Å². The van der Waals surface area contributed by atoms with Crippen molar-refractivity contribution in [3.63, 3.8) is 0 Å². The smallest absolute Gasteiger partial charge is 0.407 e. The maximum absolute atomic E-state index is 12.1. The summed E-state index contributed by atoms with van der Waals surface area (Å²) in [7, 11) is 0. The minimum absolute atomic E-state index is 0.0392. The van der Waals surface area contributed by atoms with Crippen LogP contribution in [0.15, 0.2) is 48.5 Å². The number of carboxylic acid groups (broad SMARTS) is 1. The first-order chi connectivity index (χ1) is 12.6. The van der Waals surface area contributed by atoms with Gasteiger partial charge < -0.3 is 15.2 Å². The Morgan fingerprint density at radius 3 is 2.23 bits per heavy atom. The fraction of sp³-hybridized carbons (Fsp3) is 0.300. The molecule has 3 rings (SSSR count). The van der Waals surface area contributed by atoms with Gasteiger partial charge in [-0.05, 0) is 40.7 Å². The molecule has 26 heavy (non-hydrogen) atoms. The summed E-state index contributed by atoms with van der Waals surface area (Å²) in [6.45, 7) is 0.175. The first kappa shape index (κ1) is 18.3. The number of nitrogens with one attached hydrogen (secondary N) is 1. The number of benzene rings is 2. The van der Waals surface area contributed by atoms with E-state index in [0.29, 0.717) is 12.2 Å². The number of carbonyl (C=O) groups excluding carboxylic acids is 1. The molecule has 2 aromatic rings. The Labute approximate surface area is 156 Å². The summed E-state index contributed by atoms with van der Waals surface area (Å²) in [4.78, 5) is 23.3. The lowest BCUT2D eigenvalue weighted by molar-refractivity contribution is -0.139. The van der Waals surface area contributed by atoms with E-state index in [1.807, 2.05) is 42.7 Å². The van der Waals surface area contributed by atoms with Crippen molar-refractivity contribution in [1.82, 2.24) is 5.32 Å². The van der Waals surface area contributed by atoms with E-state index >= 15 is 0 Å². The summed E-state index contributed by atoms with van der Waals surface area (Å²) in [6.07, 6.45) is 1.56. The molecule has 0 spiro atoms. The van der Waals surface area contributed by atoms with Crippen LogP contribution < -0.4 is 5.32 Å². The largest absolute Gasteiger partial charge is 0.480 e. The molecule has 1 atom stereocenters. The van der Waals surface area contributed by atoms with Crippen LogP contribution in [-0.2, 0) is 9.53 Å². The number of hydrogen-bond donors (Lipinski definition) is 2. The van der Waals surface area contributed by atoms with E-state index in [4.69, 9.17) is 4.74 Å². The van der Waals surface area contributed by atoms with Gasteiger partial charge in [0.15, 0.2) is 0 Å². The Kier molecular flexibility index (Phi) is 5.83. The Balaban J connectivity index is 1.68. The van der Waals surface area contributed by atoms with Crippen LogP contribution in [0.25, 0.3) is 11.1 Å². The van der Waals surface area contributed by atoms with Crippen LogP contribution in [0.5, 0.6) is 0 Å². The van der Waals surface area contributed by atoms with Crippen LogP contribution in [-0.4, -0.2) is 41.8 Å². The van der Waals surface area contributed by atoms with Crippen molar-refractivity contribution in [2.75, 3.05) is 18.6 Å². The molecule has 2 aromatic carbocycles.